The van der Waals surface area contributed by atoms with E-state index in [4.69, 9.17) is 9.47 Å². The van der Waals surface area contributed by atoms with Crippen LogP contribution < -0.4 is 0 Å². The Labute approximate surface area is 105 Å². The van der Waals surface area contributed by atoms with Crippen LogP contribution >= 0.6 is 0 Å². The fourth-order valence-corrected chi connectivity index (χ4v) is 0.920. The lowest BCUT2D eigenvalue weighted by molar-refractivity contribution is -0.962. The molecule has 0 aliphatic rings. The number of ether oxygens (including phenoxy) is 2. The predicted octanol–water partition coefficient (Wildman–Crippen LogP) is 0.447. The number of hydrogen-bond acceptors (Lipinski definition) is 6. The van der Waals surface area contributed by atoms with E-state index in [0.717, 1.165) is 12.2 Å². The minimum Gasteiger partial charge on any atom is -0.409 e. The number of nitrogens with zero attached hydrogens (tertiary/aromatic N) is 2. The van der Waals surface area contributed by atoms with Crippen molar-refractivity contribution in [1.82, 2.24) is 0 Å². The van der Waals surface area contributed by atoms with Crippen molar-refractivity contribution in [3.05, 3.63) is 25.3 Å². The van der Waals surface area contributed by atoms with Crippen LogP contribution in [-0.4, -0.2) is 42.6 Å². The van der Waals surface area contributed by atoms with Gasteiger partial charge in [-0.05, 0) is 6.92 Å². The Bertz CT molecular complexity index is 361. The Kier molecular flexibility index (Phi) is 6.95. The van der Waals surface area contributed by atoms with E-state index in [1.54, 1.807) is 6.92 Å². The molecule has 0 fully saturated rings. The third-order valence-electron chi connectivity index (χ3n) is 2.07. The number of carbonyl (C=O) groups is 2. The highest BCUT2D eigenvalue weighted by molar-refractivity contribution is 5.81. The molecule has 0 saturated carbocycles. The van der Waals surface area contributed by atoms with Gasteiger partial charge in [-0.1, -0.05) is 13.2 Å². The highest BCUT2D eigenvalue weighted by Crippen LogP contribution is 2.08. The standard InChI is InChI=1S/C11H15N2O5/c1-4-10(15)17-8-13(6-3,12-7-14)9-18-11(16)5-2/h4-5H,1-2,6,8-9H2,3H3/q+1. The van der Waals surface area contributed by atoms with Crippen molar-refractivity contribution in [2.24, 2.45) is 5.10 Å². The van der Waals surface area contributed by atoms with Crippen molar-refractivity contribution in [3.63, 3.8) is 0 Å². The van der Waals surface area contributed by atoms with Crippen LogP contribution in [0, 0.1) is 0 Å². The SMILES string of the molecule is C=CC(=O)OC[N+](CC)(COC(=O)C=C)N=C=O. The normalized spacial score (nSPS) is 9.83. The third kappa shape index (κ3) is 5.20. The number of isocyanates is 1. The van der Waals surface area contributed by atoms with Crippen LogP contribution in [0.4, 0.5) is 0 Å². The average Bonchev–Trinajstić information content (AvgIpc) is 2.41. The van der Waals surface area contributed by atoms with Gasteiger partial charge in [-0.15, -0.1) is 4.59 Å². The van der Waals surface area contributed by atoms with Crippen molar-refractivity contribution < 1.29 is 28.4 Å². The minimum atomic E-state index is -0.665. The number of hydrogen-bond donors (Lipinski definition) is 0. The molecule has 0 aromatic heterocycles. The van der Waals surface area contributed by atoms with Crippen LogP contribution in [0.2, 0.25) is 0 Å². The summed E-state index contributed by atoms with van der Waals surface area (Å²) in [6.45, 7) is 7.89. The van der Waals surface area contributed by atoms with Crippen molar-refractivity contribution >= 4 is 18.0 Å². The molecule has 0 N–H and O–H groups in total. The highest BCUT2D eigenvalue weighted by atomic mass is 16.6. The minimum absolute atomic E-state index is 0.263. The van der Waals surface area contributed by atoms with Gasteiger partial charge in [-0.3, -0.25) is 0 Å². The molecule has 98 valence electrons. The summed E-state index contributed by atoms with van der Waals surface area (Å²) in [7, 11) is 0. The van der Waals surface area contributed by atoms with Crippen LogP contribution in [0.15, 0.2) is 30.4 Å². The molecule has 0 rings (SSSR count). The van der Waals surface area contributed by atoms with Crippen LogP contribution in [0.3, 0.4) is 0 Å². The van der Waals surface area contributed by atoms with E-state index < -0.39 is 16.5 Å². The lowest BCUT2D eigenvalue weighted by atomic mass is 10.6. The molecule has 0 radical (unpaired) electrons. The van der Waals surface area contributed by atoms with Crippen LogP contribution in [0.1, 0.15) is 6.92 Å². The Morgan fingerprint density at radius 2 is 1.67 bits per heavy atom. The third-order valence-corrected chi connectivity index (χ3v) is 2.07. The maximum atomic E-state index is 11.0. The maximum Gasteiger partial charge on any atom is 0.334 e. The Morgan fingerprint density at radius 3 is 1.94 bits per heavy atom. The zero-order chi connectivity index (χ0) is 14.0. The molecule has 0 unspecified atom stereocenters. The van der Waals surface area contributed by atoms with Gasteiger partial charge < -0.3 is 9.47 Å². The van der Waals surface area contributed by atoms with Gasteiger partial charge in [0.25, 0.3) is 19.5 Å². The first-order valence-corrected chi connectivity index (χ1v) is 5.07. The van der Waals surface area contributed by atoms with Crippen LogP contribution in [0.5, 0.6) is 0 Å². The molecule has 0 aliphatic carbocycles. The Morgan fingerprint density at radius 1 is 1.22 bits per heavy atom. The summed E-state index contributed by atoms with van der Waals surface area (Å²) in [4.78, 5) is 32.3. The first kappa shape index (κ1) is 15.8. The zero-order valence-electron chi connectivity index (χ0n) is 10.1. The summed E-state index contributed by atoms with van der Waals surface area (Å²) in [6, 6.07) is 0. The zero-order valence-corrected chi connectivity index (χ0v) is 10.1. The first-order valence-electron chi connectivity index (χ1n) is 5.07. The van der Waals surface area contributed by atoms with Gasteiger partial charge in [0.1, 0.15) is 6.54 Å². The van der Waals surface area contributed by atoms with E-state index in [1.165, 1.54) is 6.08 Å². The molecule has 7 heteroatoms. The second kappa shape index (κ2) is 7.94. The van der Waals surface area contributed by atoms with Crippen molar-refractivity contribution in [2.45, 2.75) is 6.92 Å². The average molecular weight is 255 g/mol. The van der Waals surface area contributed by atoms with E-state index in [2.05, 4.69) is 18.3 Å². The molecule has 0 heterocycles. The summed E-state index contributed by atoms with van der Waals surface area (Å²) in [5, 5.41) is 3.50. The molecule has 0 spiro atoms. The van der Waals surface area contributed by atoms with Gasteiger partial charge in [0, 0.05) is 17.3 Å². The van der Waals surface area contributed by atoms with Gasteiger partial charge >= 0.3 is 11.9 Å². The van der Waals surface area contributed by atoms with Crippen LogP contribution in [0.25, 0.3) is 0 Å². The second-order valence-corrected chi connectivity index (χ2v) is 3.20. The Balaban J connectivity index is 4.74. The monoisotopic (exact) mass is 255 g/mol. The first-order chi connectivity index (χ1) is 8.53. The predicted molar refractivity (Wildman–Crippen MR) is 61.2 cm³/mol. The molecule has 0 bridgehead atoms. The molecule has 0 aliphatic heterocycles. The molecule has 0 atom stereocenters. The highest BCUT2D eigenvalue weighted by Gasteiger charge is 2.29. The fraction of sp³-hybridized carbons (Fsp3) is 0.364. The van der Waals surface area contributed by atoms with Crippen LogP contribution in [-0.2, 0) is 23.9 Å². The molecule has 0 aromatic rings. The molecule has 18 heavy (non-hydrogen) atoms. The molecule has 0 amide bonds. The summed E-state index contributed by atoms with van der Waals surface area (Å²) in [6.07, 6.45) is 3.31. The van der Waals surface area contributed by atoms with Crippen molar-refractivity contribution in [3.8, 4) is 0 Å². The second-order valence-electron chi connectivity index (χ2n) is 3.20. The van der Waals surface area contributed by atoms with Gasteiger partial charge in [-0.25, -0.2) is 14.4 Å². The van der Waals surface area contributed by atoms with E-state index in [1.807, 2.05) is 0 Å². The molecular formula is C11H15N2O5+. The van der Waals surface area contributed by atoms with Gasteiger partial charge in [0.2, 0.25) is 0 Å². The quantitative estimate of drug-likeness (QED) is 0.120. The van der Waals surface area contributed by atoms with Crippen molar-refractivity contribution in [1.29, 1.82) is 0 Å². The summed E-state index contributed by atoms with van der Waals surface area (Å²) < 4.78 is 9.17. The number of rotatable bonds is 8. The van der Waals surface area contributed by atoms with E-state index in [9.17, 15) is 14.4 Å². The summed E-state index contributed by atoms with van der Waals surface area (Å²) in [5.74, 6) is -1.33. The van der Waals surface area contributed by atoms with Crippen molar-refractivity contribution in [2.75, 3.05) is 20.0 Å². The van der Waals surface area contributed by atoms with Gasteiger partial charge in [0.15, 0.2) is 0 Å². The number of carbonyl (C=O) groups excluding carboxylic acids is 3. The fourth-order valence-electron chi connectivity index (χ4n) is 0.920. The van der Waals surface area contributed by atoms with E-state index in [-0.39, 0.29) is 20.0 Å². The maximum absolute atomic E-state index is 11.0. The summed E-state index contributed by atoms with van der Waals surface area (Å²) >= 11 is 0. The lowest BCUT2D eigenvalue weighted by Crippen LogP contribution is -2.47. The molecule has 0 aromatic carbocycles. The van der Waals surface area contributed by atoms with Gasteiger partial charge in [0.05, 0.1) is 0 Å². The topological polar surface area (TPSA) is 82.0 Å². The summed E-state index contributed by atoms with van der Waals surface area (Å²) in [5.41, 5.74) is 0. The number of quaternary nitrogens is 1. The lowest BCUT2D eigenvalue weighted by Gasteiger charge is -2.26. The number of esters is 2. The molecular weight excluding hydrogens is 240 g/mol. The Hall–Kier alpha value is -2.24. The largest absolute Gasteiger partial charge is 0.409 e. The molecule has 0 saturated heterocycles. The van der Waals surface area contributed by atoms with E-state index in [0.29, 0.717) is 0 Å². The smallest absolute Gasteiger partial charge is 0.334 e. The van der Waals surface area contributed by atoms with Gasteiger partial charge in [-0.2, -0.15) is 0 Å². The van der Waals surface area contributed by atoms with E-state index >= 15 is 0 Å². The molecule has 7 nitrogen and oxygen atoms in total.